The van der Waals surface area contributed by atoms with Crippen LogP contribution >= 0.6 is 0 Å². The molecule has 0 spiro atoms. The molecule has 0 unspecified atom stereocenters. The van der Waals surface area contributed by atoms with Crippen LogP contribution in [-0.2, 0) is 0 Å². The number of aliphatic imine (C=N–C) groups is 1. The normalized spacial score (nSPS) is 12.1. The number of para-hydroxylation sites is 1. The summed E-state index contributed by atoms with van der Waals surface area (Å²) in [5.41, 5.74) is 6.27. The van der Waals surface area contributed by atoms with Crippen LogP contribution in [-0.4, -0.2) is 11.5 Å². The predicted molar refractivity (Wildman–Crippen MR) is 103 cm³/mol. The zero-order chi connectivity index (χ0) is 17.9. The van der Waals surface area contributed by atoms with Crippen LogP contribution in [0.1, 0.15) is 80.4 Å². The molecule has 0 bridgehead atoms. The Bertz CT molecular complexity index is 743. The van der Waals surface area contributed by atoms with Crippen molar-refractivity contribution < 1.29 is 4.79 Å². The van der Waals surface area contributed by atoms with Crippen LogP contribution in [0.5, 0.6) is 0 Å². The van der Waals surface area contributed by atoms with Gasteiger partial charge in [-0.25, -0.2) is 0 Å². The van der Waals surface area contributed by atoms with Crippen LogP contribution in [0.25, 0.3) is 0 Å². The third-order valence-corrected chi connectivity index (χ3v) is 4.31. The van der Waals surface area contributed by atoms with Gasteiger partial charge in [-0.05, 0) is 48.4 Å². The molecule has 0 aromatic heterocycles. The Hall–Kier alpha value is -2.22. The molecule has 0 aliphatic heterocycles. The number of rotatable bonds is 5. The van der Waals surface area contributed by atoms with E-state index < -0.39 is 0 Å². The Morgan fingerprint density at radius 1 is 0.833 bits per heavy atom. The van der Waals surface area contributed by atoms with Gasteiger partial charge >= 0.3 is 0 Å². The fourth-order valence-corrected chi connectivity index (χ4v) is 2.84. The molecule has 24 heavy (non-hydrogen) atoms. The Labute approximate surface area is 145 Å². The molecule has 0 heterocycles. The Morgan fingerprint density at radius 2 is 1.33 bits per heavy atom. The number of nitrogens with zero attached hydrogens (tertiary/aromatic N) is 1. The highest BCUT2D eigenvalue weighted by Gasteiger charge is 2.14. The lowest BCUT2D eigenvalue weighted by molar-refractivity contribution is 0.101. The summed E-state index contributed by atoms with van der Waals surface area (Å²) >= 11 is 0. The van der Waals surface area contributed by atoms with Crippen molar-refractivity contribution in [2.45, 2.75) is 53.4 Å². The fourth-order valence-electron chi connectivity index (χ4n) is 2.84. The molecule has 0 radical (unpaired) electrons. The Morgan fingerprint density at radius 3 is 1.83 bits per heavy atom. The number of Topliss-reactive ketones (excluding diaryl/α,β-unsaturated/α-hetero) is 1. The summed E-state index contributed by atoms with van der Waals surface area (Å²) in [5, 5.41) is 0. The van der Waals surface area contributed by atoms with Gasteiger partial charge in [0.1, 0.15) is 0 Å². The van der Waals surface area contributed by atoms with E-state index in [0.717, 1.165) is 22.5 Å². The number of carbonyl (C=O) groups excluding carboxylic acids is 1. The molecule has 0 fully saturated rings. The molecule has 2 rings (SSSR count). The smallest absolute Gasteiger partial charge is 0.159 e. The van der Waals surface area contributed by atoms with Crippen LogP contribution in [0.2, 0.25) is 0 Å². The van der Waals surface area contributed by atoms with Crippen molar-refractivity contribution in [3.63, 3.8) is 0 Å². The van der Waals surface area contributed by atoms with Gasteiger partial charge in [0, 0.05) is 11.3 Å². The highest BCUT2D eigenvalue weighted by molar-refractivity contribution is 6.03. The number of hydrogen-bond donors (Lipinski definition) is 0. The van der Waals surface area contributed by atoms with Crippen molar-refractivity contribution in [1.29, 1.82) is 0 Å². The summed E-state index contributed by atoms with van der Waals surface area (Å²) in [6.45, 7) is 12.4. The number of hydrogen-bond acceptors (Lipinski definition) is 2. The van der Waals surface area contributed by atoms with Gasteiger partial charge in [-0.15, -0.1) is 0 Å². The van der Waals surface area contributed by atoms with Gasteiger partial charge in [-0.3, -0.25) is 9.79 Å². The first-order valence-electron chi connectivity index (χ1n) is 8.60. The maximum Gasteiger partial charge on any atom is 0.159 e. The van der Waals surface area contributed by atoms with Crippen molar-refractivity contribution in [1.82, 2.24) is 0 Å². The molecule has 2 aromatic rings. The summed E-state index contributed by atoms with van der Waals surface area (Å²) in [6, 6.07) is 14.1. The van der Waals surface area contributed by atoms with Crippen LogP contribution in [0.4, 0.5) is 5.69 Å². The van der Waals surface area contributed by atoms with Crippen molar-refractivity contribution in [3.05, 3.63) is 64.7 Å². The third kappa shape index (κ3) is 4.00. The van der Waals surface area contributed by atoms with Gasteiger partial charge in [-0.1, -0.05) is 64.1 Å². The van der Waals surface area contributed by atoms with Crippen molar-refractivity contribution in [3.8, 4) is 0 Å². The maximum absolute atomic E-state index is 11.6. The molecule has 0 aliphatic rings. The first-order valence-corrected chi connectivity index (χ1v) is 8.60. The highest BCUT2D eigenvalue weighted by atomic mass is 16.1. The first-order chi connectivity index (χ1) is 11.3. The van der Waals surface area contributed by atoms with Gasteiger partial charge in [0.15, 0.2) is 5.78 Å². The molecule has 126 valence electrons. The standard InChI is InChI=1S/C22H27NO/c1-14(2)20-11-8-12-21(15(3)4)22(20)23-16(5)18-9-7-10-19(13-18)17(6)24/h7-15H,1-6H3/b23-16+. The van der Waals surface area contributed by atoms with Gasteiger partial charge < -0.3 is 0 Å². The molecule has 2 heteroatoms. The summed E-state index contributed by atoms with van der Waals surface area (Å²) in [4.78, 5) is 16.6. The zero-order valence-corrected chi connectivity index (χ0v) is 15.6. The van der Waals surface area contributed by atoms with Crippen molar-refractivity contribution >= 4 is 17.2 Å². The predicted octanol–water partition coefficient (Wildman–Crippen LogP) is 6.28. The molecule has 0 amide bonds. The van der Waals surface area contributed by atoms with Gasteiger partial charge in [-0.2, -0.15) is 0 Å². The van der Waals surface area contributed by atoms with Crippen molar-refractivity contribution in [2.75, 3.05) is 0 Å². The Kier molecular flexibility index (Phi) is 5.71. The molecule has 0 saturated heterocycles. The molecule has 2 nitrogen and oxygen atoms in total. The lowest BCUT2D eigenvalue weighted by Gasteiger charge is -2.17. The lowest BCUT2D eigenvalue weighted by Crippen LogP contribution is -2.01. The van der Waals surface area contributed by atoms with E-state index in [9.17, 15) is 4.79 Å². The highest BCUT2D eigenvalue weighted by Crippen LogP contribution is 2.35. The SMILES string of the molecule is CC(=O)c1cccc(/C(C)=N/c2c(C(C)C)cccc2C(C)C)c1. The minimum Gasteiger partial charge on any atom is -0.295 e. The molecule has 0 atom stereocenters. The number of benzene rings is 2. The van der Waals surface area contributed by atoms with Gasteiger partial charge in [0.25, 0.3) is 0 Å². The first kappa shape index (κ1) is 18.1. The lowest BCUT2D eigenvalue weighted by atomic mass is 9.92. The van der Waals surface area contributed by atoms with E-state index >= 15 is 0 Å². The quantitative estimate of drug-likeness (QED) is 0.471. The van der Waals surface area contributed by atoms with E-state index in [4.69, 9.17) is 4.99 Å². The minimum atomic E-state index is 0.0788. The number of carbonyl (C=O) groups is 1. The third-order valence-electron chi connectivity index (χ3n) is 4.31. The minimum absolute atomic E-state index is 0.0788. The molecule has 0 aliphatic carbocycles. The monoisotopic (exact) mass is 321 g/mol. The number of ketones is 1. The van der Waals surface area contributed by atoms with Crippen LogP contribution in [0.3, 0.4) is 0 Å². The molecule has 2 aromatic carbocycles. The van der Waals surface area contributed by atoms with Crippen LogP contribution in [0.15, 0.2) is 47.5 Å². The Balaban J connectivity index is 2.57. The molecule has 0 N–H and O–H groups in total. The van der Waals surface area contributed by atoms with Gasteiger partial charge in [0.05, 0.1) is 5.69 Å². The van der Waals surface area contributed by atoms with Crippen LogP contribution < -0.4 is 0 Å². The van der Waals surface area contributed by atoms with Gasteiger partial charge in [0.2, 0.25) is 0 Å². The largest absolute Gasteiger partial charge is 0.295 e. The molecular formula is C22H27NO. The summed E-state index contributed by atoms with van der Waals surface area (Å²) in [6.07, 6.45) is 0. The summed E-state index contributed by atoms with van der Waals surface area (Å²) in [5.74, 6) is 0.910. The molecular weight excluding hydrogens is 294 g/mol. The van der Waals surface area contributed by atoms with E-state index in [0.29, 0.717) is 11.8 Å². The van der Waals surface area contributed by atoms with E-state index in [2.05, 4.69) is 45.9 Å². The van der Waals surface area contributed by atoms with E-state index in [1.807, 2.05) is 31.2 Å². The maximum atomic E-state index is 11.6. The van der Waals surface area contributed by atoms with Crippen LogP contribution in [0, 0.1) is 0 Å². The van der Waals surface area contributed by atoms with Crippen molar-refractivity contribution in [2.24, 2.45) is 4.99 Å². The molecule has 0 saturated carbocycles. The van der Waals surface area contributed by atoms with E-state index in [-0.39, 0.29) is 5.78 Å². The second kappa shape index (κ2) is 7.57. The second-order valence-electron chi connectivity index (χ2n) is 6.93. The summed E-state index contributed by atoms with van der Waals surface area (Å²) in [7, 11) is 0. The topological polar surface area (TPSA) is 29.4 Å². The zero-order valence-electron chi connectivity index (χ0n) is 15.6. The fraction of sp³-hybridized carbons (Fsp3) is 0.364. The second-order valence-corrected chi connectivity index (χ2v) is 6.93. The van der Waals surface area contributed by atoms with E-state index in [1.54, 1.807) is 6.92 Å². The average molecular weight is 321 g/mol. The van der Waals surface area contributed by atoms with E-state index in [1.165, 1.54) is 11.1 Å². The average Bonchev–Trinajstić information content (AvgIpc) is 2.54. The summed E-state index contributed by atoms with van der Waals surface area (Å²) < 4.78 is 0.